The van der Waals surface area contributed by atoms with Crippen LogP contribution in [0.2, 0.25) is 10.0 Å². The predicted molar refractivity (Wildman–Crippen MR) is 134 cm³/mol. The van der Waals surface area contributed by atoms with Crippen LogP contribution in [0.3, 0.4) is 0 Å². The number of fused-ring (bicyclic) bond motifs is 1. The second kappa shape index (κ2) is 10.7. The highest BCUT2D eigenvalue weighted by Gasteiger charge is 2.25. The lowest BCUT2D eigenvalue weighted by molar-refractivity contribution is 0.0376. The van der Waals surface area contributed by atoms with Crippen LogP contribution >= 0.6 is 50.5 Å². The number of aromatic nitrogens is 1. The minimum Gasteiger partial charge on any atom is -0.494 e. The highest BCUT2D eigenvalue weighted by atomic mass is 79.9. The first-order valence-corrected chi connectivity index (χ1v) is 12.5. The van der Waals surface area contributed by atoms with Crippen molar-refractivity contribution in [2.75, 3.05) is 51.4 Å². The number of amides is 1. The molecule has 32 heavy (non-hydrogen) atoms. The lowest BCUT2D eigenvalue weighted by atomic mass is 10.2. The summed E-state index contributed by atoms with van der Waals surface area (Å²) in [7, 11) is 1.59. The first kappa shape index (κ1) is 23.7. The molecule has 0 aliphatic carbocycles. The van der Waals surface area contributed by atoms with E-state index in [0.29, 0.717) is 38.6 Å². The fraction of sp³-hybridized carbons (Fsp3) is 0.364. The second-order valence-electron chi connectivity index (χ2n) is 7.31. The molecule has 0 N–H and O–H groups in total. The fourth-order valence-electron chi connectivity index (χ4n) is 3.59. The Hall–Kier alpha value is -1.42. The van der Waals surface area contributed by atoms with E-state index in [1.165, 1.54) is 11.3 Å². The molecule has 1 fully saturated rings. The maximum Gasteiger partial charge on any atom is 0.261 e. The number of carbonyl (C=O) groups excluding carboxylic acids is 1. The van der Waals surface area contributed by atoms with Crippen molar-refractivity contribution in [3.05, 3.63) is 50.4 Å². The average Bonchev–Trinajstić information content (AvgIpc) is 3.25. The molecule has 0 unspecified atom stereocenters. The number of nitrogens with zero attached hydrogens (tertiary/aromatic N) is 3. The Bertz CT molecular complexity index is 1120. The van der Waals surface area contributed by atoms with Gasteiger partial charge in [0.05, 0.1) is 40.6 Å². The summed E-state index contributed by atoms with van der Waals surface area (Å²) in [6, 6.07) is 8.82. The maximum atomic E-state index is 13.6. The molecule has 1 aromatic heterocycles. The number of methoxy groups -OCH3 is 1. The third-order valence-electron chi connectivity index (χ3n) is 5.26. The van der Waals surface area contributed by atoms with Gasteiger partial charge in [0, 0.05) is 30.7 Å². The van der Waals surface area contributed by atoms with E-state index in [1.807, 2.05) is 6.07 Å². The van der Waals surface area contributed by atoms with E-state index in [1.54, 1.807) is 36.3 Å². The number of carbonyl (C=O) groups is 1. The molecule has 0 spiro atoms. The van der Waals surface area contributed by atoms with Crippen LogP contribution in [-0.2, 0) is 4.74 Å². The largest absolute Gasteiger partial charge is 0.494 e. The molecular weight excluding hydrogens is 537 g/mol. The van der Waals surface area contributed by atoms with Crippen molar-refractivity contribution in [2.45, 2.75) is 6.42 Å². The van der Waals surface area contributed by atoms with Crippen molar-refractivity contribution in [3.8, 4) is 5.75 Å². The standard InChI is InChI=1S/C22H22BrCl2N3O3S/c1-30-18-6-5-17(25)20-19(18)26-22(32-20)28(8-2-7-27-9-11-31-12-10-27)21(29)15-13-14(23)3-4-16(15)24/h3-6,13H,2,7-12H2,1H3. The number of ether oxygens (including phenoxy) is 2. The topological polar surface area (TPSA) is 54.9 Å². The third-order valence-corrected chi connectivity index (χ3v) is 7.62. The Labute approximate surface area is 209 Å². The van der Waals surface area contributed by atoms with Crippen molar-refractivity contribution in [1.82, 2.24) is 9.88 Å². The average molecular weight is 559 g/mol. The second-order valence-corrected chi connectivity index (χ2v) is 10.0. The molecule has 0 bridgehead atoms. The van der Waals surface area contributed by atoms with E-state index in [0.717, 1.165) is 48.4 Å². The monoisotopic (exact) mass is 557 g/mol. The van der Waals surface area contributed by atoms with Crippen molar-refractivity contribution in [2.24, 2.45) is 0 Å². The predicted octanol–water partition coefficient (Wildman–Crippen LogP) is 5.74. The summed E-state index contributed by atoms with van der Waals surface area (Å²) in [5.74, 6) is 0.417. The number of halogens is 3. The number of anilines is 1. The molecule has 1 saturated heterocycles. The molecule has 1 aliphatic rings. The van der Waals surface area contributed by atoms with Gasteiger partial charge in [-0.2, -0.15) is 0 Å². The third kappa shape index (κ3) is 5.21. The highest BCUT2D eigenvalue weighted by Crippen LogP contribution is 2.39. The van der Waals surface area contributed by atoms with Gasteiger partial charge in [0.1, 0.15) is 11.3 Å². The van der Waals surface area contributed by atoms with Crippen LogP contribution < -0.4 is 9.64 Å². The highest BCUT2D eigenvalue weighted by molar-refractivity contribution is 9.10. The molecule has 0 radical (unpaired) electrons. The number of hydrogen-bond acceptors (Lipinski definition) is 6. The van der Waals surface area contributed by atoms with Gasteiger partial charge in [-0.1, -0.05) is 50.5 Å². The smallest absolute Gasteiger partial charge is 0.261 e. The number of morpholine rings is 1. The van der Waals surface area contributed by atoms with Gasteiger partial charge >= 0.3 is 0 Å². The summed E-state index contributed by atoms with van der Waals surface area (Å²) in [6.45, 7) is 4.66. The van der Waals surface area contributed by atoms with Gasteiger partial charge in [-0.15, -0.1) is 0 Å². The van der Waals surface area contributed by atoms with E-state index < -0.39 is 0 Å². The molecule has 2 heterocycles. The molecule has 0 atom stereocenters. The maximum absolute atomic E-state index is 13.6. The summed E-state index contributed by atoms with van der Waals surface area (Å²) in [5.41, 5.74) is 1.07. The van der Waals surface area contributed by atoms with Crippen LogP contribution in [0.5, 0.6) is 5.75 Å². The van der Waals surface area contributed by atoms with E-state index in [2.05, 4.69) is 20.8 Å². The van der Waals surface area contributed by atoms with Crippen molar-refractivity contribution in [1.29, 1.82) is 0 Å². The Morgan fingerprint density at radius 2 is 2.00 bits per heavy atom. The summed E-state index contributed by atoms with van der Waals surface area (Å²) < 4.78 is 12.4. The summed E-state index contributed by atoms with van der Waals surface area (Å²) in [6.07, 6.45) is 0.790. The van der Waals surface area contributed by atoms with E-state index in [4.69, 9.17) is 37.7 Å². The number of thiazole rings is 1. The number of hydrogen-bond donors (Lipinski definition) is 0. The molecule has 170 valence electrons. The minimum absolute atomic E-state index is 0.201. The Morgan fingerprint density at radius 1 is 1.25 bits per heavy atom. The number of benzene rings is 2. The normalized spacial score (nSPS) is 14.6. The Morgan fingerprint density at radius 3 is 2.75 bits per heavy atom. The van der Waals surface area contributed by atoms with Crippen LogP contribution in [0.1, 0.15) is 16.8 Å². The Balaban J connectivity index is 1.66. The van der Waals surface area contributed by atoms with E-state index >= 15 is 0 Å². The minimum atomic E-state index is -0.201. The van der Waals surface area contributed by atoms with E-state index in [9.17, 15) is 4.79 Å². The molecule has 1 aliphatic heterocycles. The van der Waals surface area contributed by atoms with Crippen LogP contribution in [0.4, 0.5) is 5.13 Å². The Kier molecular flexibility index (Phi) is 7.91. The zero-order valence-corrected chi connectivity index (χ0v) is 21.4. The van der Waals surface area contributed by atoms with Gasteiger partial charge in [-0.3, -0.25) is 14.6 Å². The SMILES string of the molecule is COc1ccc(Cl)c2sc(N(CCCN3CCOCC3)C(=O)c3cc(Br)ccc3Cl)nc12. The zero-order chi connectivity index (χ0) is 22.7. The zero-order valence-electron chi connectivity index (χ0n) is 17.4. The molecule has 6 nitrogen and oxygen atoms in total. The van der Waals surface area contributed by atoms with Gasteiger partial charge in [0.25, 0.3) is 5.91 Å². The van der Waals surface area contributed by atoms with Crippen molar-refractivity contribution in [3.63, 3.8) is 0 Å². The molecule has 10 heteroatoms. The molecule has 0 saturated carbocycles. The molecule has 3 aromatic rings. The molecule has 4 rings (SSSR count). The lowest BCUT2D eigenvalue weighted by Gasteiger charge is -2.28. The lowest BCUT2D eigenvalue weighted by Crippen LogP contribution is -2.39. The van der Waals surface area contributed by atoms with Gasteiger partial charge in [-0.05, 0) is 36.8 Å². The van der Waals surface area contributed by atoms with Crippen molar-refractivity contribution >= 4 is 71.7 Å². The summed E-state index contributed by atoms with van der Waals surface area (Å²) >= 11 is 17.6. The summed E-state index contributed by atoms with van der Waals surface area (Å²) in [4.78, 5) is 22.4. The summed E-state index contributed by atoms with van der Waals surface area (Å²) in [5, 5.41) is 1.54. The van der Waals surface area contributed by atoms with Crippen LogP contribution in [0, 0.1) is 0 Å². The quantitative estimate of drug-likeness (QED) is 0.370. The molecule has 1 amide bonds. The number of rotatable bonds is 7. The van der Waals surface area contributed by atoms with Crippen LogP contribution in [-0.4, -0.2) is 62.3 Å². The first-order chi connectivity index (χ1) is 15.5. The first-order valence-electron chi connectivity index (χ1n) is 10.2. The van der Waals surface area contributed by atoms with Gasteiger partial charge in [0.15, 0.2) is 5.13 Å². The molecular formula is C22H22BrCl2N3O3S. The molecule has 2 aromatic carbocycles. The van der Waals surface area contributed by atoms with Crippen molar-refractivity contribution < 1.29 is 14.3 Å². The van der Waals surface area contributed by atoms with Crippen LogP contribution in [0.25, 0.3) is 10.2 Å². The van der Waals surface area contributed by atoms with Gasteiger partial charge in [0.2, 0.25) is 0 Å². The fourth-order valence-corrected chi connectivity index (χ4v) is 5.43. The van der Waals surface area contributed by atoms with Gasteiger partial charge < -0.3 is 9.47 Å². The van der Waals surface area contributed by atoms with E-state index in [-0.39, 0.29) is 5.91 Å². The van der Waals surface area contributed by atoms with Crippen LogP contribution in [0.15, 0.2) is 34.8 Å². The van der Waals surface area contributed by atoms with Gasteiger partial charge in [-0.25, -0.2) is 4.98 Å².